The van der Waals surface area contributed by atoms with Gasteiger partial charge in [-0.1, -0.05) is 25.3 Å². The van der Waals surface area contributed by atoms with Crippen LogP contribution in [-0.2, 0) is 4.79 Å². The quantitative estimate of drug-likeness (QED) is 0.358. The number of hydrogen-bond acceptors (Lipinski definition) is 3. The predicted molar refractivity (Wildman–Crippen MR) is 45.8 cm³/mol. The smallest absolute Gasteiger partial charge is 0.212 e. The van der Waals surface area contributed by atoms with Gasteiger partial charge in [-0.15, -0.1) is 0 Å². The van der Waals surface area contributed by atoms with Crippen LogP contribution in [-0.4, -0.2) is 16.0 Å². The molecule has 0 aromatic carbocycles. The molecule has 0 bridgehead atoms. The molecule has 0 atom stereocenters. The van der Waals surface area contributed by atoms with Crippen LogP contribution in [0.2, 0.25) is 0 Å². The number of thioether (sulfide) groups is 2. The molecular weight excluding hydrogens is 152 g/mol. The summed E-state index contributed by atoms with van der Waals surface area (Å²) in [5.41, 5.74) is 0. The van der Waals surface area contributed by atoms with Crippen LogP contribution < -0.4 is 0 Å². The van der Waals surface area contributed by atoms with Crippen LogP contribution in [0.4, 0.5) is 0 Å². The molecule has 0 radical (unpaired) electrons. The first-order valence-electron chi connectivity index (χ1n) is 2.68. The Morgan fingerprint density at radius 2 is 2.44 bits per heavy atom. The van der Waals surface area contributed by atoms with E-state index in [9.17, 15) is 4.79 Å². The Labute approximate surface area is 64.3 Å². The van der Waals surface area contributed by atoms with Crippen molar-refractivity contribution in [2.45, 2.75) is 6.92 Å². The van der Waals surface area contributed by atoms with Crippen molar-refractivity contribution in [2.24, 2.45) is 0 Å². The first-order chi connectivity index (χ1) is 4.31. The molecule has 0 aliphatic heterocycles. The van der Waals surface area contributed by atoms with Crippen molar-refractivity contribution in [3.8, 4) is 0 Å². The van der Waals surface area contributed by atoms with Crippen LogP contribution in [0.25, 0.3) is 0 Å². The molecule has 0 aromatic rings. The minimum absolute atomic E-state index is 0.0657. The third-order valence-electron chi connectivity index (χ3n) is 0.655. The lowest BCUT2D eigenvalue weighted by Crippen LogP contribution is -1.83. The molecule has 0 aliphatic carbocycles. The average molecular weight is 162 g/mol. The van der Waals surface area contributed by atoms with Crippen molar-refractivity contribution in [1.29, 1.82) is 0 Å². The maximum Gasteiger partial charge on any atom is 0.212 e. The van der Waals surface area contributed by atoms with E-state index in [1.807, 2.05) is 0 Å². The van der Waals surface area contributed by atoms with Crippen LogP contribution in [0.15, 0.2) is 12.7 Å². The van der Waals surface area contributed by atoms with E-state index in [1.165, 1.54) is 17.8 Å². The van der Waals surface area contributed by atoms with Gasteiger partial charge in [0.05, 0.1) is 0 Å². The second kappa shape index (κ2) is 6.23. The van der Waals surface area contributed by atoms with E-state index in [4.69, 9.17) is 0 Å². The fourth-order valence-electron chi connectivity index (χ4n) is 0.242. The molecule has 0 rings (SSSR count). The molecule has 1 nitrogen and oxygen atoms in total. The fraction of sp³-hybridized carbons (Fsp3) is 0.500. The third kappa shape index (κ3) is 5.99. The van der Waals surface area contributed by atoms with E-state index in [2.05, 4.69) is 13.5 Å². The average Bonchev–Trinajstić information content (AvgIpc) is 1.89. The van der Waals surface area contributed by atoms with Gasteiger partial charge in [-0.3, -0.25) is 4.79 Å². The number of carbonyl (C=O) groups excluding carboxylic acids is 1. The first-order valence-corrected chi connectivity index (χ1v) is 4.82. The van der Waals surface area contributed by atoms with Gasteiger partial charge >= 0.3 is 0 Å². The van der Waals surface area contributed by atoms with Crippen molar-refractivity contribution in [3.63, 3.8) is 0 Å². The van der Waals surface area contributed by atoms with E-state index in [0.717, 1.165) is 10.8 Å². The molecule has 52 valence electrons. The van der Waals surface area contributed by atoms with E-state index < -0.39 is 0 Å². The van der Waals surface area contributed by atoms with Crippen LogP contribution in [0.3, 0.4) is 0 Å². The van der Waals surface area contributed by atoms with Crippen LogP contribution in [0.5, 0.6) is 0 Å². The molecule has 0 spiro atoms. The van der Waals surface area contributed by atoms with Gasteiger partial charge in [0.1, 0.15) is 0 Å². The van der Waals surface area contributed by atoms with E-state index in [0.29, 0.717) is 0 Å². The van der Waals surface area contributed by atoms with E-state index in [1.54, 1.807) is 11.8 Å². The summed E-state index contributed by atoms with van der Waals surface area (Å²) in [4.78, 5) is 10.5. The lowest BCUT2D eigenvalue weighted by Gasteiger charge is -1.91. The van der Waals surface area contributed by atoms with Gasteiger partial charge < -0.3 is 0 Å². The molecule has 0 saturated carbocycles. The zero-order valence-corrected chi connectivity index (χ0v) is 7.06. The molecule has 0 saturated heterocycles. The van der Waals surface area contributed by atoms with Gasteiger partial charge in [0.2, 0.25) is 5.12 Å². The zero-order chi connectivity index (χ0) is 7.11. The summed E-state index contributed by atoms with van der Waals surface area (Å²) in [6.45, 7) is 5.43. The van der Waals surface area contributed by atoms with Crippen molar-refractivity contribution in [3.05, 3.63) is 12.7 Å². The molecule has 0 fully saturated rings. The summed E-state index contributed by atoms with van der Waals surface area (Å²) in [6.07, 6.45) is 1.35. The van der Waals surface area contributed by atoms with Crippen LogP contribution in [0.1, 0.15) is 6.92 Å². The Balaban J connectivity index is 3.07. The second-order valence-corrected chi connectivity index (χ2v) is 3.90. The summed E-state index contributed by atoms with van der Waals surface area (Å²) in [7, 11) is 0. The highest BCUT2D eigenvalue weighted by Crippen LogP contribution is 2.11. The Morgan fingerprint density at radius 3 is 2.89 bits per heavy atom. The summed E-state index contributed by atoms with van der Waals surface area (Å²) >= 11 is 3.05. The lowest BCUT2D eigenvalue weighted by atomic mass is 10.7. The third-order valence-corrected chi connectivity index (χ3v) is 2.65. The molecular formula is C6H10OS2. The van der Waals surface area contributed by atoms with Crippen molar-refractivity contribution in [2.75, 3.05) is 10.8 Å². The Bertz CT molecular complexity index is 101. The lowest BCUT2D eigenvalue weighted by molar-refractivity contribution is -0.107. The van der Waals surface area contributed by atoms with Gasteiger partial charge in [-0.05, 0) is 11.8 Å². The second-order valence-electron chi connectivity index (χ2n) is 1.28. The van der Waals surface area contributed by atoms with Gasteiger partial charge in [0.25, 0.3) is 0 Å². The Morgan fingerprint density at radius 1 is 1.78 bits per heavy atom. The zero-order valence-electron chi connectivity index (χ0n) is 5.42. The number of carbonyl (C=O) groups is 1. The van der Waals surface area contributed by atoms with Gasteiger partial charge in [-0.25, -0.2) is 0 Å². The minimum atomic E-state index is 0.0657. The molecule has 0 amide bonds. The van der Waals surface area contributed by atoms with Crippen molar-refractivity contribution < 1.29 is 4.79 Å². The van der Waals surface area contributed by atoms with Gasteiger partial charge in [0.15, 0.2) is 0 Å². The predicted octanol–water partition coefficient (Wildman–Crippen LogP) is 2.14. The highest BCUT2D eigenvalue weighted by atomic mass is 32.2. The molecule has 0 unspecified atom stereocenters. The van der Waals surface area contributed by atoms with Crippen LogP contribution >= 0.6 is 23.5 Å². The van der Waals surface area contributed by atoms with Gasteiger partial charge in [-0.2, -0.15) is 11.8 Å². The SMILES string of the molecule is C=CC(=O)SCSCC. The monoisotopic (exact) mass is 162 g/mol. The number of rotatable bonds is 4. The van der Waals surface area contributed by atoms with Crippen molar-refractivity contribution in [1.82, 2.24) is 0 Å². The molecule has 0 aliphatic rings. The minimum Gasteiger partial charge on any atom is -0.282 e. The van der Waals surface area contributed by atoms with Crippen LogP contribution in [0, 0.1) is 0 Å². The molecule has 0 heterocycles. The maximum atomic E-state index is 10.5. The Kier molecular flexibility index (Phi) is 6.31. The fourth-order valence-corrected chi connectivity index (χ4v) is 1.82. The topological polar surface area (TPSA) is 17.1 Å². The molecule has 0 N–H and O–H groups in total. The number of hydrogen-bond donors (Lipinski definition) is 0. The molecule has 9 heavy (non-hydrogen) atoms. The van der Waals surface area contributed by atoms with Gasteiger partial charge in [0, 0.05) is 5.08 Å². The molecule has 0 aromatic heterocycles. The largest absolute Gasteiger partial charge is 0.282 e. The normalized spacial score (nSPS) is 9.00. The summed E-state index contributed by atoms with van der Waals surface area (Å²) in [6, 6.07) is 0. The Hall–Kier alpha value is 0.110. The highest BCUT2D eigenvalue weighted by Gasteiger charge is 1.93. The maximum absolute atomic E-state index is 10.5. The van der Waals surface area contributed by atoms with E-state index >= 15 is 0 Å². The van der Waals surface area contributed by atoms with E-state index in [-0.39, 0.29) is 5.12 Å². The highest BCUT2D eigenvalue weighted by molar-refractivity contribution is 8.24. The molecule has 3 heteroatoms. The summed E-state index contributed by atoms with van der Waals surface area (Å²) in [5, 5.41) is 0.914. The van der Waals surface area contributed by atoms with Crippen molar-refractivity contribution >= 4 is 28.6 Å². The standard InChI is InChI=1S/C6H10OS2/c1-3-6(7)9-5-8-4-2/h3H,1,4-5H2,2H3. The summed E-state index contributed by atoms with van der Waals surface area (Å²) in [5.74, 6) is 1.07. The summed E-state index contributed by atoms with van der Waals surface area (Å²) < 4.78 is 0. The first kappa shape index (κ1) is 9.11.